The van der Waals surface area contributed by atoms with Crippen LogP contribution in [0.2, 0.25) is 0 Å². The van der Waals surface area contributed by atoms with E-state index in [1.54, 1.807) is 41.0 Å². The van der Waals surface area contributed by atoms with Gasteiger partial charge < -0.3 is 24.1 Å². The number of carbonyl (C=O) groups is 3. The van der Waals surface area contributed by atoms with E-state index in [4.69, 9.17) is 14.2 Å². The fraction of sp³-hybridized carbons (Fsp3) is 0.227. The van der Waals surface area contributed by atoms with Crippen molar-refractivity contribution in [3.63, 3.8) is 0 Å². The van der Waals surface area contributed by atoms with Crippen LogP contribution in [0, 0.1) is 6.92 Å². The van der Waals surface area contributed by atoms with Gasteiger partial charge in [0.05, 0.1) is 25.5 Å². The molecule has 0 saturated carbocycles. The van der Waals surface area contributed by atoms with Crippen LogP contribution < -0.4 is 10.1 Å². The third-order valence-corrected chi connectivity index (χ3v) is 4.49. The highest BCUT2D eigenvalue weighted by atomic mass is 16.5. The molecule has 8 nitrogen and oxygen atoms in total. The summed E-state index contributed by atoms with van der Waals surface area (Å²) < 4.78 is 16.7. The third-order valence-electron chi connectivity index (χ3n) is 4.49. The van der Waals surface area contributed by atoms with E-state index in [-0.39, 0.29) is 6.54 Å². The Bertz CT molecular complexity index is 1100. The van der Waals surface area contributed by atoms with E-state index in [0.29, 0.717) is 27.9 Å². The molecule has 3 aromatic rings. The van der Waals surface area contributed by atoms with Gasteiger partial charge in [0.25, 0.3) is 5.91 Å². The standard InChI is InChI=1S/C22H22N2O6/c1-14-8-9-19(28-2)17(10-14)23-20(25)13-30-21(26)12-24-11-16(22(27)29-3)15-6-4-5-7-18(15)24/h4-11H,12-13H2,1-3H3,(H,23,25). The van der Waals surface area contributed by atoms with Gasteiger partial charge in [0.1, 0.15) is 12.3 Å². The quantitative estimate of drug-likeness (QED) is 0.602. The first-order chi connectivity index (χ1) is 14.4. The van der Waals surface area contributed by atoms with Crippen molar-refractivity contribution in [3.8, 4) is 5.75 Å². The lowest BCUT2D eigenvalue weighted by Crippen LogP contribution is -2.23. The molecular formula is C22H22N2O6. The molecule has 0 aliphatic carbocycles. The summed E-state index contributed by atoms with van der Waals surface area (Å²) >= 11 is 0. The zero-order chi connectivity index (χ0) is 21.7. The Morgan fingerprint density at radius 2 is 1.83 bits per heavy atom. The van der Waals surface area contributed by atoms with E-state index in [0.717, 1.165) is 5.56 Å². The molecular weight excluding hydrogens is 388 g/mol. The van der Waals surface area contributed by atoms with Crippen molar-refractivity contribution in [3.05, 3.63) is 59.8 Å². The normalized spacial score (nSPS) is 10.5. The van der Waals surface area contributed by atoms with Gasteiger partial charge in [0.2, 0.25) is 0 Å². The van der Waals surface area contributed by atoms with Gasteiger partial charge in [-0.2, -0.15) is 0 Å². The van der Waals surface area contributed by atoms with Gasteiger partial charge in [-0.05, 0) is 30.7 Å². The van der Waals surface area contributed by atoms with Gasteiger partial charge in [-0.1, -0.05) is 24.3 Å². The van der Waals surface area contributed by atoms with Crippen LogP contribution in [0.3, 0.4) is 0 Å². The number of carbonyl (C=O) groups excluding carboxylic acids is 3. The second-order valence-corrected chi connectivity index (χ2v) is 6.59. The number of para-hydroxylation sites is 1. The highest BCUT2D eigenvalue weighted by Gasteiger charge is 2.17. The van der Waals surface area contributed by atoms with E-state index >= 15 is 0 Å². The lowest BCUT2D eigenvalue weighted by molar-refractivity contribution is -0.147. The number of nitrogens with zero attached hydrogens (tertiary/aromatic N) is 1. The van der Waals surface area contributed by atoms with E-state index in [1.807, 2.05) is 13.0 Å². The van der Waals surface area contributed by atoms with Gasteiger partial charge in [-0.25, -0.2) is 4.79 Å². The van der Waals surface area contributed by atoms with Gasteiger partial charge >= 0.3 is 11.9 Å². The number of esters is 2. The van der Waals surface area contributed by atoms with Crippen molar-refractivity contribution in [2.75, 3.05) is 26.1 Å². The molecule has 0 atom stereocenters. The molecule has 1 aromatic heterocycles. The molecule has 30 heavy (non-hydrogen) atoms. The van der Waals surface area contributed by atoms with Crippen LogP contribution in [-0.2, 0) is 25.6 Å². The Morgan fingerprint density at radius 1 is 1.07 bits per heavy atom. The average molecular weight is 410 g/mol. The predicted molar refractivity (Wildman–Crippen MR) is 111 cm³/mol. The van der Waals surface area contributed by atoms with Crippen LogP contribution in [-0.4, -0.2) is 43.2 Å². The Hall–Kier alpha value is -3.81. The number of aromatic nitrogens is 1. The first-order valence-electron chi connectivity index (χ1n) is 9.19. The molecule has 0 unspecified atom stereocenters. The average Bonchev–Trinajstić information content (AvgIpc) is 3.10. The van der Waals surface area contributed by atoms with Crippen molar-refractivity contribution in [1.82, 2.24) is 4.57 Å². The number of nitrogens with one attached hydrogen (secondary N) is 1. The number of fused-ring (bicyclic) bond motifs is 1. The third kappa shape index (κ3) is 4.60. The molecule has 0 saturated heterocycles. The van der Waals surface area contributed by atoms with Crippen LogP contribution in [0.15, 0.2) is 48.7 Å². The number of anilines is 1. The Balaban J connectivity index is 1.65. The zero-order valence-corrected chi connectivity index (χ0v) is 16.9. The fourth-order valence-electron chi connectivity index (χ4n) is 3.09. The molecule has 2 aromatic carbocycles. The number of aryl methyl sites for hydroxylation is 1. The lowest BCUT2D eigenvalue weighted by Gasteiger charge is -2.11. The Morgan fingerprint density at radius 3 is 2.57 bits per heavy atom. The van der Waals surface area contributed by atoms with Crippen molar-refractivity contribution >= 4 is 34.4 Å². The minimum Gasteiger partial charge on any atom is -0.495 e. The Labute approximate surface area is 173 Å². The van der Waals surface area contributed by atoms with E-state index in [1.165, 1.54) is 20.4 Å². The SMILES string of the molecule is COC(=O)c1cn(CC(=O)OCC(=O)Nc2cc(C)ccc2OC)c2ccccc12. The summed E-state index contributed by atoms with van der Waals surface area (Å²) in [5.41, 5.74) is 2.48. The molecule has 1 N–H and O–H groups in total. The van der Waals surface area contributed by atoms with Crippen LogP contribution in [0.4, 0.5) is 5.69 Å². The summed E-state index contributed by atoms with van der Waals surface area (Å²) in [5, 5.41) is 3.34. The summed E-state index contributed by atoms with van der Waals surface area (Å²) in [6.07, 6.45) is 1.54. The molecule has 0 fully saturated rings. The molecule has 0 aliphatic heterocycles. The molecule has 0 aliphatic rings. The number of hydrogen-bond acceptors (Lipinski definition) is 6. The highest BCUT2D eigenvalue weighted by molar-refractivity contribution is 6.04. The summed E-state index contributed by atoms with van der Waals surface area (Å²) in [7, 11) is 2.80. The van der Waals surface area contributed by atoms with E-state index in [9.17, 15) is 14.4 Å². The first kappa shape index (κ1) is 20.9. The topological polar surface area (TPSA) is 95.9 Å². The summed E-state index contributed by atoms with van der Waals surface area (Å²) in [6.45, 7) is 1.29. The summed E-state index contributed by atoms with van der Waals surface area (Å²) in [4.78, 5) is 36.4. The van der Waals surface area contributed by atoms with E-state index in [2.05, 4.69) is 5.32 Å². The van der Waals surface area contributed by atoms with Crippen LogP contribution >= 0.6 is 0 Å². The molecule has 0 radical (unpaired) electrons. The molecule has 1 heterocycles. The maximum absolute atomic E-state index is 12.3. The highest BCUT2D eigenvalue weighted by Crippen LogP contribution is 2.25. The van der Waals surface area contributed by atoms with Gasteiger partial charge in [0.15, 0.2) is 6.61 Å². The van der Waals surface area contributed by atoms with Crippen LogP contribution in [0.1, 0.15) is 15.9 Å². The minimum atomic E-state index is -0.612. The van der Waals surface area contributed by atoms with Crippen molar-refractivity contribution in [2.45, 2.75) is 13.5 Å². The van der Waals surface area contributed by atoms with Crippen molar-refractivity contribution < 1.29 is 28.6 Å². The van der Waals surface area contributed by atoms with Gasteiger partial charge in [0, 0.05) is 17.1 Å². The number of amides is 1. The minimum absolute atomic E-state index is 0.154. The lowest BCUT2D eigenvalue weighted by atomic mass is 10.2. The van der Waals surface area contributed by atoms with Crippen molar-refractivity contribution in [2.24, 2.45) is 0 Å². The molecule has 8 heteroatoms. The van der Waals surface area contributed by atoms with Crippen molar-refractivity contribution in [1.29, 1.82) is 0 Å². The number of rotatable bonds is 7. The van der Waals surface area contributed by atoms with Crippen LogP contribution in [0.25, 0.3) is 10.9 Å². The predicted octanol–water partition coefficient (Wildman–Crippen LogP) is 2.93. The molecule has 1 amide bonds. The number of methoxy groups -OCH3 is 2. The largest absolute Gasteiger partial charge is 0.495 e. The molecule has 156 valence electrons. The summed E-state index contributed by atoms with van der Waals surface area (Å²) in [6, 6.07) is 12.5. The molecule has 0 spiro atoms. The monoisotopic (exact) mass is 410 g/mol. The number of ether oxygens (including phenoxy) is 3. The maximum atomic E-state index is 12.3. The molecule has 0 bridgehead atoms. The van der Waals surface area contributed by atoms with Crippen LogP contribution in [0.5, 0.6) is 5.75 Å². The smallest absolute Gasteiger partial charge is 0.340 e. The Kier molecular flexibility index (Phi) is 6.36. The van der Waals surface area contributed by atoms with E-state index < -0.39 is 24.5 Å². The maximum Gasteiger partial charge on any atom is 0.340 e. The second kappa shape index (κ2) is 9.13. The van der Waals surface area contributed by atoms with Gasteiger partial charge in [-0.3, -0.25) is 9.59 Å². The summed E-state index contributed by atoms with van der Waals surface area (Å²) in [5.74, 6) is -1.09. The fourth-order valence-corrected chi connectivity index (χ4v) is 3.09. The number of hydrogen-bond donors (Lipinski definition) is 1. The second-order valence-electron chi connectivity index (χ2n) is 6.59. The molecule has 3 rings (SSSR count). The first-order valence-corrected chi connectivity index (χ1v) is 9.19. The van der Waals surface area contributed by atoms with Gasteiger partial charge in [-0.15, -0.1) is 0 Å². The zero-order valence-electron chi connectivity index (χ0n) is 16.9. The number of benzene rings is 2.